The van der Waals surface area contributed by atoms with Crippen LogP contribution >= 0.6 is 0 Å². The van der Waals surface area contributed by atoms with Crippen LogP contribution in [0.2, 0.25) is 0 Å². The van der Waals surface area contributed by atoms with Gasteiger partial charge in [0.1, 0.15) is 0 Å². The number of hydrogen-bond donors (Lipinski definition) is 1. The van der Waals surface area contributed by atoms with Gasteiger partial charge >= 0.3 is 0 Å². The molecule has 4 heteroatoms. The second-order valence-electron chi connectivity index (χ2n) is 4.92. The summed E-state index contributed by atoms with van der Waals surface area (Å²) in [4.78, 5) is 2.47. The molecule has 1 fully saturated rings. The van der Waals surface area contributed by atoms with Crippen LogP contribution in [0.25, 0.3) is 0 Å². The highest BCUT2D eigenvalue weighted by molar-refractivity contribution is 5.14. The minimum atomic E-state index is 0.444. The van der Waals surface area contributed by atoms with Crippen molar-refractivity contribution in [3.63, 3.8) is 0 Å². The molecule has 1 unspecified atom stereocenters. The molecule has 0 bridgehead atoms. The molecular formula is C14H25N3O. The minimum Gasteiger partial charge on any atom is -0.379 e. The predicted molar refractivity (Wildman–Crippen MR) is 73.8 cm³/mol. The highest BCUT2D eigenvalue weighted by atomic mass is 16.5. The molecule has 1 atom stereocenters. The van der Waals surface area contributed by atoms with Gasteiger partial charge in [-0.05, 0) is 25.1 Å². The number of morpholine rings is 1. The third kappa shape index (κ3) is 3.83. The van der Waals surface area contributed by atoms with Gasteiger partial charge in [-0.1, -0.05) is 6.92 Å². The van der Waals surface area contributed by atoms with Crippen LogP contribution in [0, 0.1) is 0 Å². The number of ether oxygens (including phenoxy) is 1. The first-order chi connectivity index (χ1) is 8.79. The fourth-order valence-corrected chi connectivity index (χ4v) is 2.36. The predicted octanol–water partition coefficient (Wildman–Crippen LogP) is 1.49. The molecule has 2 heterocycles. The van der Waals surface area contributed by atoms with E-state index in [1.165, 1.54) is 5.56 Å². The van der Waals surface area contributed by atoms with E-state index in [0.717, 1.165) is 45.9 Å². The molecule has 0 aromatic carbocycles. The first-order valence-corrected chi connectivity index (χ1v) is 6.98. The Morgan fingerprint density at radius 1 is 1.33 bits per heavy atom. The summed E-state index contributed by atoms with van der Waals surface area (Å²) >= 11 is 0. The van der Waals surface area contributed by atoms with E-state index in [1.54, 1.807) is 0 Å². The molecule has 0 aliphatic carbocycles. The Bertz CT molecular complexity index is 345. The summed E-state index contributed by atoms with van der Waals surface area (Å²) in [5, 5.41) is 3.44. The van der Waals surface area contributed by atoms with Crippen LogP contribution < -0.4 is 5.32 Å². The third-order valence-corrected chi connectivity index (χ3v) is 3.56. The number of nitrogens with zero attached hydrogens (tertiary/aromatic N) is 2. The molecule has 1 aliphatic rings. The Morgan fingerprint density at radius 3 is 2.83 bits per heavy atom. The maximum atomic E-state index is 5.36. The molecule has 102 valence electrons. The van der Waals surface area contributed by atoms with E-state index in [2.05, 4.69) is 47.1 Å². The van der Waals surface area contributed by atoms with Gasteiger partial charge in [-0.3, -0.25) is 4.90 Å². The lowest BCUT2D eigenvalue weighted by molar-refractivity contribution is 0.0364. The van der Waals surface area contributed by atoms with Crippen molar-refractivity contribution >= 4 is 0 Å². The Balaban J connectivity index is 1.79. The average molecular weight is 251 g/mol. The first kappa shape index (κ1) is 13.6. The number of nitrogens with one attached hydrogen (secondary N) is 1. The van der Waals surface area contributed by atoms with Crippen molar-refractivity contribution in [1.29, 1.82) is 0 Å². The van der Waals surface area contributed by atoms with Crippen LogP contribution in [0.4, 0.5) is 0 Å². The first-order valence-electron chi connectivity index (χ1n) is 6.98. The number of hydrogen-bond acceptors (Lipinski definition) is 3. The normalized spacial score (nSPS) is 19.0. The lowest BCUT2D eigenvalue weighted by atomic mass is 10.2. The molecule has 1 aromatic heterocycles. The summed E-state index contributed by atoms with van der Waals surface area (Å²) in [5.74, 6) is 0. The molecule has 18 heavy (non-hydrogen) atoms. The molecule has 1 saturated heterocycles. The third-order valence-electron chi connectivity index (χ3n) is 3.56. The molecule has 0 amide bonds. The van der Waals surface area contributed by atoms with Gasteiger partial charge < -0.3 is 14.6 Å². The highest BCUT2D eigenvalue weighted by Gasteiger charge is 2.10. The van der Waals surface area contributed by atoms with Crippen LogP contribution in [0.1, 0.15) is 25.5 Å². The Hall–Kier alpha value is -0.840. The van der Waals surface area contributed by atoms with Gasteiger partial charge in [0.2, 0.25) is 0 Å². The summed E-state index contributed by atoms with van der Waals surface area (Å²) in [6.45, 7) is 11.5. The van der Waals surface area contributed by atoms with E-state index in [1.807, 2.05) is 0 Å². The van der Waals surface area contributed by atoms with Crippen LogP contribution in [-0.4, -0.2) is 48.9 Å². The van der Waals surface area contributed by atoms with Crippen molar-refractivity contribution in [1.82, 2.24) is 14.8 Å². The monoisotopic (exact) mass is 251 g/mol. The molecule has 0 radical (unpaired) electrons. The van der Waals surface area contributed by atoms with Gasteiger partial charge in [0, 0.05) is 44.6 Å². The van der Waals surface area contributed by atoms with Crippen LogP contribution in [0.5, 0.6) is 0 Å². The molecule has 2 rings (SSSR count). The van der Waals surface area contributed by atoms with E-state index in [0.29, 0.717) is 6.04 Å². The van der Waals surface area contributed by atoms with E-state index in [9.17, 15) is 0 Å². The lowest BCUT2D eigenvalue weighted by Crippen LogP contribution is -2.38. The van der Waals surface area contributed by atoms with Gasteiger partial charge in [0.15, 0.2) is 0 Å². The maximum absolute atomic E-state index is 5.36. The van der Waals surface area contributed by atoms with E-state index < -0.39 is 0 Å². The summed E-state index contributed by atoms with van der Waals surface area (Å²) in [6, 6.07) is 2.66. The quantitative estimate of drug-likeness (QED) is 0.830. The van der Waals surface area contributed by atoms with Crippen LogP contribution in [-0.2, 0) is 11.3 Å². The lowest BCUT2D eigenvalue weighted by Gasteiger charge is -2.26. The molecule has 1 aromatic rings. The smallest absolute Gasteiger partial charge is 0.0594 e. The zero-order chi connectivity index (χ0) is 12.8. The molecule has 1 N–H and O–H groups in total. The Morgan fingerprint density at radius 2 is 2.11 bits per heavy atom. The second-order valence-corrected chi connectivity index (χ2v) is 4.92. The van der Waals surface area contributed by atoms with E-state index in [4.69, 9.17) is 4.74 Å². The second kappa shape index (κ2) is 6.92. The highest BCUT2D eigenvalue weighted by Crippen LogP contribution is 2.12. The van der Waals surface area contributed by atoms with Crippen molar-refractivity contribution < 1.29 is 4.74 Å². The van der Waals surface area contributed by atoms with Crippen LogP contribution in [0.3, 0.4) is 0 Å². The fourth-order valence-electron chi connectivity index (χ4n) is 2.36. The fraction of sp³-hybridized carbons (Fsp3) is 0.714. The van der Waals surface area contributed by atoms with Crippen molar-refractivity contribution in [3.8, 4) is 0 Å². The van der Waals surface area contributed by atoms with Crippen molar-refractivity contribution in [2.75, 3.05) is 39.4 Å². The molecular weight excluding hydrogens is 226 g/mol. The van der Waals surface area contributed by atoms with E-state index >= 15 is 0 Å². The van der Waals surface area contributed by atoms with Gasteiger partial charge in [0.05, 0.1) is 13.2 Å². The number of rotatable bonds is 6. The standard InChI is InChI=1S/C14H25N3O/c1-3-15-13(2)14-4-5-17(12-14)7-6-16-8-10-18-11-9-16/h4-5,12-13,15H,3,6-11H2,1-2H3. The van der Waals surface area contributed by atoms with Crippen LogP contribution in [0.15, 0.2) is 18.5 Å². The van der Waals surface area contributed by atoms with E-state index in [-0.39, 0.29) is 0 Å². The van der Waals surface area contributed by atoms with Gasteiger partial charge in [-0.15, -0.1) is 0 Å². The zero-order valence-corrected chi connectivity index (χ0v) is 11.6. The summed E-state index contributed by atoms with van der Waals surface area (Å²) in [7, 11) is 0. The minimum absolute atomic E-state index is 0.444. The number of aromatic nitrogens is 1. The topological polar surface area (TPSA) is 29.4 Å². The Labute approximate surface area is 110 Å². The maximum Gasteiger partial charge on any atom is 0.0594 e. The molecule has 0 spiro atoms. The summed E-state index contributed by atoms with van der Waals surface area (Å²) < 4.78 is 7.65. The van der Waals surface area contributed by atoms with Gasteiger partial charge in [-0.2, -0.15) is 0 Å². The van der Waals surface area contributed by atoms with Crippen molar-refractivity contribution in [2.45, 2.75) is 26.4 Å². The van der Waals surface area contributed by atoms with Gasteiger partial charge in [0.25, 0.3) is 0 Å². The SMILES string of the molecule is CCNC(C)c1ccn(CCN2CCOCC2)c1. The zero-order valence-electron chi connectivity index (χ0n) is 11.6. The molecule has 1 aliphatic heterocycles. The average Bonchev–Trinajstić information content (AvgIpc) is 2.87. The Kier molecular flexibility index (Phi) is 5.23. The summed E-state index contributed by atoms with van der Waals surface area (Å²) in [6.07, 6.45) is 4.44. The molecule has 0 saturated carbocycles. The van der Waals surface area contributed by atoms with Gasteiger partial charge in [-0.25, -0.2) is 0 Å². The van der Waals surface area contributed by atoms with Crippen molar-refractivity contribution in [3.05, 3.63) is 24.0 Å². The molecule has 4 nitrogen and oxygen atoms in total. The largest absolute Gasteiger partial charge is 0.379 e. The van der Waals surface area contributed by atoms with Crippen molar-refractivity contribution in [2.24, 2.45) is 0 Å². The summed E-state index contributed by atoms with van der Waals surface area (Å²) in [5.41, 5.74) is 1.37.